The number of ether oxygens (including phenoxy) is 1. The molecule has 1 aromatic heterocycles. The van der Waals surface area contributed by atoms with E-state index < -0.39 is 0 Å². The molecule has 0 radical (unpaired) electrons. The van der Waals surface area contributed by atoms with Crippen LogP contribution in [0, 0.1) is 0 Å². The molecule has 0 aliphatic heterocycles. The van der Waals surface area contributed by atoms with Crippen LogP contribution in [0.1, 0.15) is 18.1 Å². The maximum atomic E-state index is 5.84. The maximum Gasteiger partial charge on any atom is 0.124 e. The zero-order valence-corrected chi connectivity index (χ0v) is 10.9. The maximum absolute atomic E-state index is 5.84. The van der Waals surface area contributed by atoms with E-state index in [0.29, 0.717) is 6.61 Å². The first-order valence-corrected chi connectivity index (χ1v) is 6.20. The van der Waals surface area contributed by atoms with E-state index in [9.17, 15) is 0 Å². The monoisotopic (exact) mass is 245 g/mol. The van der Waals surface area contributed by atoms with Crippen molar-refractivity contribution in [3.8, 4) is 5.75 Å². The fourth-order valence-electron chi connectivity index (χ4n) is 1.80. The Kier molecular flexibility index (Phi) is 4.36. The zero-order chi connectivity index (χ0) is 12.8. The van der Waals surface area contributed by atoms with Crippen LogP contribution >= 0.6 is 0 Å². The number of aryl methyl sites for hydroxylation is 1. The molecule has 0 amide bonds. The Morgan fingerprint density at radius 3 is 2.89 bits per heavy atom. The van der Waals surface area contributed by atoms with Gasteiger partial charge < -0.3 is 10.1 Å². The molecule has 4 heteroatoms. The van der Waals surface area contributed by atoms with Crippen molar-refractivity contribution in [2.24, 2.45) is 0 Å². The Morgan fingerprint density at radius 1 is 1.33 bits per heavy atom. The van der Waals surface area contributed by atoms with Gasteiger partial charge in [-0.3, -0.25) is 4.68 Å². The highest BCUT2D eigenvalue weighted by Crippen LogP contribution is 2.18. The van der Waals surface area contributed by atoms with Gasteiger partial charge >= 0.3 is 0 Å². The van der Waals surface area contributed by atoms with Gasteiger partial charge in [-0.25, -0.2) is 0 Å². The number of rotatable bonds is 6. The Labute approximate surface area is 108 Å². The molecule has 1 heterocycles. The first-order valence-electron chi connectivity index (χ1n) is 6.20. The lowest BCUT2D eigenvalue weighted by Gasteiger charge is -2.10. The first-order chi connectivity index (χ1) is 8.83. The van der Waals surface area contributed by atoms with Gasteiger partial charge in [0.05, 0.1) is 6.20 Å². The third-order valence-corrected chi connectivity index (χ3v) is 2.74. The quantitative estimate of drug-likeness (QED) is 0.848. The van der Waals surface area contributed by atoms with Gasteiger partial charge in [-0.1, -0.05) is 18.2 Å². The van der Waals surface area contributed by atoms with Crippen LogP contribution < -0.4 is 10.1 Å². The van der Waals surface area contributed by atoms with Crippen LogP contribution in [0.5, 0.6) is 5.75 Å². The summed E-state index contributed by atoms with van der Waals surface area (Å²) in [5.74, 6) is 0.927. The number of hydrogen-bond acceptors (Lipinski definition) is 3. The molecule has 0 bridgehead atoms. The standard InChI is InChI=1S/C14H19N3O/c1-3-17-10-12(8-16-17)11-18-14-7-5-4-6-13(14)9-15-2/h4-8,10,15H,3,9,11H2,1-2H3. The SMILES string of the molecule is CCn1cc(COc2ccccc2CNC)cn1. The van der Waals surface area contributed by atoms with Gasteiger partial charge in [0.25, 0.3) is 0 Å². The van der Waals surface area contributed by atoms with Crippen LogP contribution in [0.25, 0.3) is 0 Å². The van der Waals surface area contributed by atoms with Crippen molar-refractivity contribution < 1.29 is 4.74 Å². The molecular weight excluding hydrogens is 226 g/mol. The van der Waals surface area contributed by atoms with Crippen LogP contribution in [0.4, 0.5) is 0 Å². The minimum Gasteiger partial charge on any atom is -0.488 e. The summed E-state index contributed by atoms with van der Waals surface area (Å²) in [6.45, 7) is 4.32. The molecule has 96 valence electrons. The largest absolute Gasteiger partial charge is 0.488 e. The summed E-state index contributed by atoms with van der Waals surface area (Å²) in [6.07, 6.45) is 3.87. The van der Waals surface area contributed by atoms with E-state index in [0.717, 1.165) is 24.4 Å². The first kappa shape index (κ1) is 12.6. The summed E-state index contributed by atoms with van der Waals surface area (Å²) < 4.78 is 7.74. The van der Waals surface area contributed by atoms with E-state index in [1.807, 2.05) is 42.3 Å². The molecule has 0 saturated heterocycles. The number of benzene rings is 1. The van der Waals surface area contributed by atoms with E-state index in [1.165, 1.54) is 5.56 Å². The fraction of sp³-hybridized carbons (Fsp3) is 0.357. The molecule has 2 rings (SSSR count). The van der Waals surface area contributed by atoms with E-state index in [1.54, 1.807) is 0 Å². The molecule has 18 heavy (non-hydrogen) atoms. The lowest BCUT2D eigenvalue weighted by molar-refractivity contribution is 0.302. The van der Waals surface area contributed by atoms with Crippen LogP contribution in [0.3, 0.4) is 0 Å². The molecule has 0 aliphatic carbocycles. The molecule has 2 aromatic rings. The highest BCUT2D eigenvalue weighted by Gasteiger charge is 2.03. The molecule has 0 saturated carbocycles. The summed E-state index contributed by atoms with van der Waals surface area (Å²) in [7, 11) is 1.93. The Morgan fingerprint density at radius 2 is 2.17 bits per heavy atom. The topological polar surface area (TPSA) is 39.1 Å². The predicted molar refractivity (Wildman–Crippen MR) is 71.4 cm³/mol. The van der Waals surface area contributed by atoms with Gasteiger partial charge in [0.2, 0.25) is 0 Å². The van der Waals surface area contributed by atoms with Crippen LogP contribution in [-0.4, -0.2) is 16.8 Å². The van der Waals surface area contributed by atoms with Crippen molar-refractivity contribution in [3.63, 3.8) is 0 Å². The zero-order valence-electron chi connectivity index (χ0n) is 10.9. The van der Waals surface area contributed by atoms with Gasteiger partial charge in [-0.2, -0.15) is 5.10 Å². The number of para-hydroxylation sites is 1. The number of aromatic nitrogens is 2. The minimum atomic E-state index is 0.556. The van der Waals surface area contributed by atoms with Crippen molar-refractivity contribution in [2.75, 3.05) is 7.05 Å². The fourth-order valence-corrected chi connectivity index (χ4v) is 1.80. The van der Waals surface area contributed by atoms with E-state index in [4.69, 9.17) is 4.74 Å². The highest BCUT2D eigenvalue weighted by atomic mass is 16.5. The summed E-state index contributed by atoms with van der Waals surface area (Å²) in [5, 5.41) is 7.37. The van der Waals surface area contributed by atoms with Crippen molar-refractivity contribution >= 4 is 0 Å². The van der Waals surface area contributed by atoms with Crippen molar-refractivity contribution in [1.29, 1.82) is 0 Å². The van der Waals surface area contributed by atoms with Crippen LogP contribution in [0.2, 0.25) is 0 Å². The third-order valence-electron chi connectivity index (χ3n) is 2.74. The Balaban J connectivity index is 2.01. The third kappa shape index (κ3) is 3.11. The lowest BCUT2D eigenvalue weighted by Crippen LogP contribution is -2.07. The molecule has 0 spiro atoms. The van der Waals surface area contributed by atoms with E-state index in [2.05, 4.69) is 23.4 Å². The van der Waals surface area contributed by atoms with Crippen molar-refractivity contribution in [1.82, 2.24) is 15.1 Å². The van der Waals surface area contributed by atoms with Crippen LogP contribution in [-0.2, 0) is 19.7 Å². The summed E-state index contributed by atoms with van der Waals surface area (Å²) in [4.78, 5) is 0. The van der Waals surface area contributed by atoms with Crippen LogP contribution in [0.15, 0.2) is 36.7 Å². The molecule has 0 aliphatic rings. The van der Waals surface area contributed by atoms with Gasteiger partial charge in [-0.05, 0) is 20.0 Å². The number of hydrogen-bond donors (Lipinski definition) is 1. The van der Waals surface area contributed by atoms with Gasteiger partial charge in [-0.15, -0.1) is 0 Å². The number of nitrogens with zero attached hydrogens (tertiary/aromatic N) is 2. The number of nitrogens with one attached hydrogen (secondary N) is 1. The Bertz CT molecular complexity index is 493. The van der Waals surface area contributed by atoms with Gasteiger partial charge in [0.15, 0.2) is 0 Å². The Hall–Kier alpha value is -1.81. The lowest BCUT2D eigenvalue weighted by atomic mass is 10.2. The molecule has 4 nitrogen and oxygen atoms in total. The normalized spacial score (nSPS) is 10.6. The van der Waals surface area contributed by atoms with E-state index in [-0.39, 0.29) is 0 Å². The average molecular weight is 245 g/mol. The summed E-state index contributed by atoms with van der Waals surface area (Å²) in [5.41, 5.74) is 2.26. The second kappa shape index (κ2) is 6.21. The summed E-state index contributed by atoms with van der Waals surface area (Å²) in [6, 6.07) is 8.08. The second-order valence-electron chi connectivity index (χ2n) is 4.13. The van der Waals surface area contributed by atoms with Gasteiger partial charge in [0, 0.05) is 30.4 Å². The predicted octanol–water partition coefficient (Wildman–Crippen LogP) is 2.20. The van der Waals surface area contributed by atoms with Crippen molar-refractivity contribution in [2.45, 2.75) is 26.6 Å². The molecule has 0 unspecified atom stereocenters. The van der Waals surface area contributed by atoms with Crippen molar-refractivity contribution in [3.05, 3.63) is 47.8 Å². The molecule has 0 atom stereocenters. The molecule has 1 N–H and O–H groups in total. The molecule has 0 fully saturated rings. The average Bonchev–Trinajstić information content (AvgIpc) is 2.86. The van der Waals surface area contributed by atoms with Gasteiger partial charge in [0.1, 0.15) is 12.4 Å². The smallest absolute Gasteiger partial charge is 0.124 e. The minimum absolute atomic E-state index is 0.556. The highest BCUT2D eigenvalue weighted by molar-refractivity contribution is 5.33. The van der Waals surface area contributed by atoms with E-state index >= 15 is 0 Å². The summed E-state index contributed by atoms with van der Waals surface area (Å²) >= 11 is 0. The molecular formula is C14H19N3O. The molecule has 1 aromatic carbocycles. The second-order valence-corrected chi connectivity index (χ2v) is 4.13.